The third kappa shape index (κ3) is 18.2. The highest BCUT2D eigenvalue weighted by atomic mass is 16.6. The Bertz CT molecular complexity index is 1400. The summed E-state index contributed by atoms with van der Waals surface area (Å²) >= 11 is 0. The van der Waals surface area contributed by atoms with Crippen LogP contribution >= 0.6 is 0 Å². The van der Waals surface area contributed by atoms with Gasteiger partial charge in [0.2, 0.25) is 0 Å². The predicted octanol–water partition coefficient (Wildman–Crippen LogP) is 10.1. The van der Waals surface area contributed by atoms with E-state index < -0.39 is 23.3 Å². The van der Waals surface area contributed by atoms with Crippen molar-refractivity contribution in [2.75, 3.05) is 6.61 Å². The smallest absolute Gasteiger partial charge is 0.330 e. The number of carbonyl (C=O) groups excluding carboxylic acids is 1. The van der Waals surface area contributed by atoms with Gasteiger partial charge in [-0.05, 0) is 86.3 Å². The van der Waals surface area contributed by atoms with Gasteiger partial charge in [-0.15, -0.1) is 0 Å². The average Bonchev–Trinajstić information content (AvgIpc) is 3.01. The van der Waals surface area contributed by atoms with Crippen molar-refractivity contribution in [2.45, 2.75) is 157 Å². The molecule has 0 saturated heterocycles. The minimum absolute atomic E-state index is 0.0766. The summed E-state index contributed by atoms with van der Waals surface area (Å²) in [6.45, 7) is 31.1. The summed E-state index contributed by atoms with van der Waals surface area (Å²) in [5, 5.41) is 0. The second kappa shape index (κ2) is 19.5. The van der Waals surface area contributed by atoms with E-state index in [9.17, 15) is 4.79 Å². The van der Waals surface area contributed by atoms with E-state index in [1.165, 1.54) is 11.1 Å². The van der Waals surface area contributed by atoms with Gasteiger partial charge in [0.1, 0.15) is 23.9 Å². The van der Waals surface area contributed by atoms with Gasteiger partial charge in [0, 0.05) is 36.1 Å². The number of esters is 1. The first kappa shape index (κ1) is 43.9. The Labute approximate surface area is 310 Å². The van der Waals surface area contributed by atoms with E-state index in [-0.39, 0.29) is 41.7 Å². The molecule has 0 fully saturated rings. The first-order chi connectivity index (χ1) is 23.6. The molecule has 7 nitrogen and oxygen atoms in total. The molecule has 0 saturated carbocycles. The summed E-state index contributed by atoms with van der Waals surface area (Å²) in [6.07, 6.45) is 6.41. The lowest BCUT2D eigenvalue weighted by Gasteiger charge is -2.35. The summed E-state index contributed by atoms with van der Waals surface area (Å²) in [6, 6.07) is 20.0. The normalized spacial score (nSPS) is 16.1. The quantitative estimate of drug-likeness (QED) is 0.0693. The number of benzene rings is 2. The third-order valence-electron chi connectivity index (χ3n) is 8.56. The first-order valence-corrected chi connectivity index (χ1v) is 18.6. The molecule has 0 N–H and O–H groups in total. The van der Waals surface area contributed by atoms with E-state index in [2.05, 4.69) is 96.4 Å². The molecule has 284 valence electrons. The van der Waals surface area contributed by atoms with Crippen molar-refractivity contribution in [2.24, 2.45) is 20.8 Å². The fourth-order valence-electron chi connectivity index (χ4n) is 6.26. The monoisotopic (exact) mass is 705 g/mol. The molecular weight excluding hydrogens is 636 g/mol. The maximum Gasteiger partial charge on any atom is 0.330 e. The van der Waals surface area contributed by atoms with Crippen LogP contribution < -0.4 is 0 Å². The van der Waals surface area contributed by atoms with Crippen LogP contribution in [-0.2, 0) is 36.6 Å². The molecule has 3 unspecified atom stereocenters. The van der Waals surface area contributed by atoms with Crippen molar-refractivity contribution >= 4 is 18.4 Å². The van der Waals surface area contributed by atoms with Crippen molar-refractivity contribution in [3.8, 4) is 0 Å². The zero-order valence-electron chi connectivity index (χ0n) is 34.0. The molecule has 2 aromatic rings. The van der Waals surface area contributed by atoms with Gasteiger partial charge in [-0.2, -0.15) is 0 Å². The van der Waals surface area contributed by atoms with Crippen LogP contribution in [0.15, 0.2) is 83.0 Å². The van der Waals surface area contributed by atoms with Crippen LogP contribution in [0, 0.1) is 10.8 Å². The lowest BCUT2D eigenvalue weighted by atomic mass is 9.87. The van der Waals surface area contributed by atoms with Crippen molar-refractivity contribution in [3.63, 3.8) is 0 Å². The summed E-state index contributed by atoms with van der Waals surface area (Å²) in [5.41, 5.74) is 1.33. The van der Waals surface area contributed by atoms with Crippen LogP contribution in [0.5, 0.6) is 0 Å². The molecule has 2 aromatic carbocycles. The van der Waals surface area contributed by atoms with Crippen LogP contribution in [0.4, 0.5) is 0 Å². The molecule has 0 heterocycles. The van der Waals surface area contributed by atoms with E-state index in [1.807, 2.05) is 71.3 Å². The standard InChI is InChI=1S/C44H68N2O5/c1-32(49-37(6)35(4)45-30-41(7,8)27-38-21-17-15-18-22-38)25-44(13,14)51-33(2)26-43(11,12)48-29-34(3)50-40(47)36(5)46-31-42(9,10)28-39-23-19-16-20-24-39/h15-24,30-36H,6,25-29H2,1-5,7-14H3/b45-30+,46-31+/t32-,33?,34?,35?,36-/m1/s1. The van der Waals surface area contributed by atoms with Gasteiger partial charge in [0.25, 0.3) is 0 Å². The second-order valence-corrected chi connectivity index (χ2v) is 17.0. The van der Waals surface area contributed by atoms with Crippen molar-refractivity contribution in [1.82, 2.24) is 0 Å². The maximum atomic E-state index is 12.8. The molecule has 0 spiro atoms. The van der Waals surface area contributed by atoms with E-state index in [0.717, 1.165) is 12.8 Å². The molecule has 0 aliphatic rings. The number of aliphatic imine (C=N–C) groups is 2. The Balaban J connectivity index is 1.77. The minimum Gasteiger partial charge on any atom is -0.493 e. The summed E-state index contributed by atoms with van der Waals surface area (Å²) in [7, 11) is 0. The largest absolute Gasteiger partial charge is 0.493 e. The van der Waals surface area contributed by atoms with Crippen molar-refractivity contribution in [3.05, 3.63) is 84.1 Å². The van der Waals surface area contributed by atoms with E-state index in [4.69, 9.17) is 23.9 Å². The predicted molar refractivity (Wildman–Crippen MR) is 213 cm³/mol. The van der Waals surface area contributed by atoms with Crippen LogP contribution in [0.25, 0.3) is 0 Å². The molecule has 0 radical (unpaired) electrons. The zero-order chi connectivity index (χ0) is 38.5. The Hall–Kier alpha value is -3.29. The van der Waals surface area contributed by atoms with E-state index in [0.29, 0.717) is 18.6 Å². The number of rotatable bonds is 22. The van der Waals surface area contributed by atoms with Crippen molar-refractivity contribution < 1.29 is 23.7 Å². The Morgan fingerprint density at radius 3 is 1.59 bits per heavy atom. The lowest BCUT2D eigenvalue weighted by Crippen LogP contribution is -2.39. The first-order valence-electron chi connectivity index (χ1n) is 18.6. The Morgan fingerprint density at radius 2 is 1.10 bits per heavy atom. The number of carbonyl (C=O) groups is 1. The molecule has 0 aliphatic carbocycles. The van der Waals surface area contributed by atoms with E-state index in [1.54, 1.807) is 6.92 Å². The average molecular weight is 705 g/mol. The molecule has 7 heteroatoms. The molecule has 0 amide bonds. The number of ether oxygens (including phenoxy) is 4. The minimum atomic E-state index is -0.595. The summed E-state index contributed by atoms with van der Waals surface area (Å²) in [4.78, 5) is 22.1. The fourth-order valence-corrected chi connectivity index (χ4v) is 6.26. The summed E-state index contributed by atoms with van der Waals surface area (Å²) in [5.74, 6) is 0.289. The molecule has 2 rings (SSSR count). The highest BCUT2D eigenvalue weighted by Crippen LogP contribution is 2.28. The topological polar surface area (TPSA) is 78.7 Å². The van der Waals surface area contributed by atoms with Gasteiger partial charge in [-0.3, -0.25) is 9.98 Å². The Morgan fingerprint density at radius 1 is 0.647 bits per heavy atom. The third-order valence-corrected chi connectivity index (χ3v) is 8.56. The molecular formula is C44H68N2O5. The number of hydrogen-bond donors (Lipinski definition) is 0. The zero-order valence-corrected chi connectivity index (χ0v) is 34.0. The molecule has 0 aromatic heterocycles. The van der Waals surface area contributed by atoms with Gasteiger partial charge in [-0.25, -0.2) is 4.79 Å². The number of nitrogens with zero attached hydrogens (tertiary/aromatic N) is 2. The highest BCUT2D eigenvalue weighted by molar-refractivity contribution is 5.78. The molecule has 0 bridgehead atoms. The SMILES string of the molecule is C=C(O[C@H](C)CC(C)(C)OC(C)CC(C)(C)OCC(C)OC(=O)[C@@H](C)/N=C/C(C)(C)Cc1ccccc1)C(C)/N=C/C(C)(C)Cc1ccccc1. The van der Waals surface area contributed by atoms with Gasteiger partial charge in [0.05, 0.1) is 30.0 Å². The van der Waals surface area contributed by atoms with Gasteiger partial charge in [-0.1, -0.05) is 94.9 Å². The van der Waals surface area contributed by atoms with E-state index >= 15 is 0 Å². The fraction of sp³-hybridized carbons (Fsp3) is 0.614. The Kier molecular flexibility index (Phi) is 16.8. The molecule has 51 heavy (non-hydrogen) atoms. The van der Waals surface area contributed by atoms with Gasteiger partial charge < -0.3 is 18.9 Å². The summed E-state index contributed by atoms with van der Waals surface area (Å²) < 4.78 is 24.6. The maximum absolute atomic E-state index is 12.8. The number of hydrogen-bond acceptors (Lipinski definition) is 7. The lowest BCUT2D eigenvalue weighted by molar-refractivity contribution is -0.159. The van der Waals surface area contributed by atoms with Crippen LogP contribution in [0.2, 0.25) is 0 Å². The second-order valence-electron chi connectivity index (χ2n) is 17.0. The van der Waals surface area contributed by atoms with Crippen LogP contribution in [-0.4, -0.2) is 66.6 Å². The van der Waals surface area contributed by atoms with Crippen LogP contribution in [0.3, 0.4) is 0 Å². The highest BCUT2D eigenvalue weighted by Gasteiger charge is 2.30. The van der Waals surface area contributed by atoms with Crippen molar-refractivity contribution in [1.29, 1.82) is 0 Å². The van der Waals surface area contributed by atoms with Gasteiger partial charge >= 0.3 is 5.97 Å². The van der Waals surface area contributed by atoms with Crippen LogP contribution in [0.1, 0.15) is 114 Å². The van der Waals surface area contributed by atoms with Gasteiger partial charge in [0.15, 0.2) is 0 Å². The molecule has 0 aliphatic heterocycles. The molecule has 5 atom stereocenters.